The van der Waals surface area contributed by atoms with E-state index in [4.69, 9.17) is 4.74 Å². The number of hydrogen-bond donors (Lipinski definition) is 1. The van der Waals surface area contributed by atoms with Crippen LogP contribution in [-0.2, 0) is 13.6 Å². The van der Waals surface area contributed by atoms with Crippen LogP contribution in [0.4, 0.5) is 0 Å². The van der Waals surface area contributed by atoms with Gasteiger partial charge in [-0.05, 0) is 37.1 Å². The highest BCUT2D eigenvalue weighted by molar-refractivity contribution is 5.72. The molecule has 2 aromatic heterocycles. The lowest BCUT2D eigenvalue weighted by Gasteiger charge is -2.24. The van der Waals surface area contributed by atoms with Gasteiger partial charge in [-0.3, -0.25) is 14.4 Å². The van der Waals surface area contributed by atoms with Crippen molar-refractivity contribution in [1.82, 2.24) is 24.6 Å². The van der Waals surface area contributed by atoms with Gasteiger partial charge in [0.2, 0.25) is 0 Å². The summed E-state index contributed by atoms with van der Waals surface area (Å²) >= 11 is 0. The summed E-state index contributed by atoms with van der Waals surface area (Å²) in [4.78, 5) is 22.1. The number of nitrogens with one attached hydrogen (secondary N) is 1. The molecule has 3 aromatic rings. The summed E-state index contributed by atoms with van der Waals surface area (Å²) in [6, 6.07) is 8.55. The number of H-pyrrole nitrogens is 1. The number of fused-ring (bicyclic) bond motifs is 1. The lowest BCUT2D eigenvalue weighted by atomic mass is 10.0. The maximum Gasteiger partial charge on any atom is 0.262 e. The Kier molecular flexibility index (Phi) is 4.01. The second-order valence-corrected chi connectivity index (χ2v) is 6.42. The first-order chi connectivity index (χ1) is 12.2. The maximum atomic E-state index is 12.2. The second-order valence-electron chi connectivity index (χ2n) is 6.42. The fourth-order valence-corrected chi connectivity index (χ4v) is 3.56. The van der Waals surface area contributed by atoms with Crippen LogP contribution >= 0.6 is 0 Å². The van der Waals surface area contributed by atoms with Crippen molar-refractivity contribution in [2.24, 2.45) is 7.05 Å². The van der Waals surface area contributed by atoms with Crippen LogP contribution in [0.25, 0.3) is 11.0 Å². The Morgan fingerprint density at radius 1 is 1.32 bits per heavy atom. The molecule has 0 spiro atoms. The van der Waals surface area contributed by atoms with Crippen LogP contribution in [0.1, 0.15) is 30.3 Å². The quantitative estimate of drug-likeness (QED) is 0.787. The van der Waals surface area contributed by atoms with Gasteiger partial charge in [0.25, 0.3) is 5.56 Å². The van der Waals surface area contributed by atoms with E-state index in [0.29, 0.717) is 29.4 Å². The molecule has 0 bridgehead atoms. The summed E-state index contributed by atoms with van der Waals surface area (Å²) in [7, 11) is 3.47. The van der Waals surface area contributed by atoms with E-state index in [9.17, 15) is 4.79 Å². The molecule has 1 atom stereocenters. The molecule has 1 saturated heterocycles. The third-order valence-electron chi connectivity index (χ3n) is 4.87. The lowest BCUT2D eigenvalue weighted by Crippen LogP contribution is -2.25. The minimum Gasteiger partial charge on any atom is -0.497 e. The Balaban J connectivity index is 1.60. The average molecular weight is 339 g/mol. The molecule has 1 aromatic carbocycles. The van der Waals surface area contributed by atoms with E-state index in [1.165, 1.54) is 5.56 Å². The summed E-state index contributed by atoms with van der Waals surface area (Å²) in [6.07, 6.45) is 3.79. The zero-order valence-corrected chi connectivity index (χ0v) is 14.4. The third kappa shape index (κ3) is 2.91. The highest BCUT2D eigenvalue weighted by Crippen LogP contribution is 2.33. The predicted molar refractivity (Wildman–Crippen MR) is 94.5 cm³/mol. The molecule has 0 aliphatic carbocycles. The van der Waals surface area contributed by atoms with Crippen molar-refractivity contribution in [3.8, 4) is 5.75 Å². The van der Waals surface area contributed by atoms with Crippen LogP contribution in [0, 0.1) is 0 Å². The molecule has 4 rings (SSSR count). The van der Waals surface area contributed by atoms with Gasteiger partial charge in [-0.1, -0.05) is 12.1 Å². The van der Waals surface area contributed by atoms with Gasteiger partial charge in [0.1, 0.15) is 17.0 Å². The number of likely N-dealkylation sites (tertiary alicyclic amines) is 1. The van der Waals surface area contributed by atoms with E-state index in [1.807, 2.05) is 12.1 Å². The Morgan fingerprint density at radius 3 is 2.88 bits per heavy atom. The molecule has 1 aliphatic rings. The number of nitrogens with zero attached hydrogens (tertiary/aromatic N) is 4. The molecule has 7 heteroatoms. The standard InChI is InChI=1S/C18H21N5O2/c1-22-17-14(10-19-22)18(24)21-16(20-17)11-23-9-3-4-15(23)12-5-7-13(25-2)8-6-12/h5-8,10,15H,3-4,9,11H2,1-2H3,(H,20,21,24)/t15-/m0/s1. The van der Waals surface area contributed by atoms with E-state index in [0.717, 1.165) is 25.1 Å². The first kappa shape index (κ1) is 15.8. The van der Waals surface area contributed by atoms with Gasteiger partial charge in [-0.2, -0.15) is 5.10 Å². The molecule has 1 N–H and O–H groups in total. The molecule has 0 radical (unpaired) electrons. The van der Waals surface area contributed by atoms with Crippen molar-refractivity contribution >= 4 is 11.0 Å². The monoisotopic (exact) mass is 339 g/mol. The van der Waals surface area contributed by atoms with Crippen molar-refractivity contribution in [2.45, 2.75) is 25.4 Å². The molecule has 3 heterocycles. The Hall–Kier alpha value is -2.67. The summed E-state index contributed by atoms with van der Waals surface area (Å²) in [5, 5.41) is 4.64. The normalized spacial score (nSPS) is 18.1. The average Bonchev–Trinajstić information content (AvgIpc) is 3.23. The highest BCUT2D eigenvalue weighted by Gasteiger charge is 2.26. The van der Waals surface area contributed by atoms with E-state index >= 15 is 0 Å². The molecule has 0 unspecified atom stereocenters. The SMILES string of the molecule is COc1ccc([C@@H]2CCCN2Cc2nc3c(cnn3C)c(=O)[nH]2)cc1. The fraction of sp³-hybridized carbons (Fsp3) is 0.389. The van der Waals surface area contributed by atoms with Crippen LogP contribution in [0.2, 0.25) is 0 Å². The van der Waals surface area contributed by atoms with Gasteiger partial charge in [0.05, 0.1) is 19.9 Å². The van der Waals surface area contributed by atoms with Gasteiger partial charge in [0.15, 0.2) is 5.65 Å². The Labute approximate surface area is 145 Å². The third-order valence-corrected chi connectivity index (χ3v) is 4.87. The largest absolute Gasteiger partial charge is 0.497 e. The van der Waals surface area contributed by atoms with Crippen molar-refractivity contribution in [1.29, 1.82) is 0 Å². The first-order valence-corrected chi connectivity index (χ1v) is 8.44. The molecular formula is C18H21N5O2. The van der Waals surface area contributed by atoms with Crippen LogP contribution in [-0.4, -0.2) is 38.3 Å². The molecule has 0 saturated carbocycles. The number of aryl methyl sites for hydroxylation is 1. The van der Waals surface area contributed by atoms with Crippen molar-refractivity contribution in [2.75, 3.05) is 13.7 Å². The van der Waals surface area contributed by atoms with Crippen LogP contribution in [0.15, 0.2) is 35.3 Å². The first-order valence-electron chi connectivity index (χ1n) is 8.44. The molecular weight excluding hydrogens is 318 g/mol. The molecule has 0 amide bonds. The van der Waals surface area contributed by atoms with E-state index < -0.39 is 0 Å². The summed E-state index contributed by atoms with van der Waals surface area (Å²) in [5.74, 6) is 1.54. The molecule has 1 fully saturated rings. The highest BCUT2D eigenvalue weighted by atomic mass is 16.5. The smallest absolute Gasteiger partial charge is 0.262 e. The summed E-state index contributed by atoms with van der Waals surface area (Å²) < 4.78 is 6.88. The number of aromatic amines is 1. The predicted octanol–water partition coefficient (Wildman–Crippen LogP) is 2.00. The summed E-state index contributed by atoms with van der Waals surface area (Å²) in [6.45, 7) is 1.61. The van der Waals surface area contributed by atoms with E-state index in [-0.39, 0.29) is 5.56 Å². The maximum absolute atomic E-state index is 12.2. The van der Waals surface area contributed by atoms with Crippen LogP contribution in [0.5, 0.6) is 5.75 Å². The van der Waals surface area contributed by atoms with Gasteiger partial charge in [-0.25, -0.2) is 4.98 Å². The van der Waals surface area contributed by atoms with Crippen molar-refractivity contribution in [3.63, 3.8) is 0 Å². The minimum atomic E-state index is -0.131. The van der Waals surface area contributed by atoms with Crippen LogP contribution in [0.3, 0.4) is 0 Å². The van der Waals surface area contributed by atoms with E-state index in [1.54, 1.807) is 25.0 Å². The zero-order chi connectivity index (χ0) is 17.4. The number of benzene rings is 1. The summed E-state index contributed by atoms with van der Waals surface area (Å²) in [5.41, 5.74) is 1.76. The van der Waals surface area contributed by atoms with Gasteiger partial charge >= 0.3 is 0 Å². The van der Waals surface area contributed by atoms with Gasteiger partial charge in [0, 0.05) is 13.1 Å². The number of methoxy groups -OCH3 is 1. The van der Waals surface area contributed by atoms with Gasteiger partial charge < -0.3 is 9.72 Å². The van der Waals surface area contributed by atoms with Crippen molar-refractivity contribution in [3.05, 3.63) is 52.2 Å². The Bertz CT molecular complexity index is 944. The number of ether oxygens (including phenoxy) is 1. The molecule has 130 valence electrons. The lowest BCUT2D eigenvalue weighted by molar-refractivity contribution is 0.242. The molecule has 25 heavy (non-hydrogen) atoms. The minimum absolute atomic E-state index is 0.131. The fourth-order valence-electron chi connectivity index (χ4n) is 3.56. The number of rotatable bonds is 4. The molecule has 7 nitrogen and oxygen atoms in total. The van der Waals surface area contributed by atoms with Crippen LogP contribution < -0.4 is 10.3 Å². The van der Waals surface area contributed by atoms with Crippen molar-refractivity contribution < 1.29 is 4.74 Å². The van der Waals surface area contributed by atoms with Gasteiger partial charge in [-0.15, -0.1) is 0 Å². The topological polar surface area (TPSA) is 76.0 Å². The number of aromatic nitrogens is 4. The zero-order valence-electron chi connectivity index (χ0n) is 14.4. The van der Waals surface area contributed by atoms with E-state index in [2.05, 4.69) is 32.1 Å². The Morgan fingerprint density at radius 2 is 2.12 bits per heavy atom. The molecule has 1 aliphatic heterocycles. The second kappa shape index (κ2) is 6.33. The number of hydrogen-bond acceptors (Lipinski definition) is 5.